The van der Waals surface area contributed by atoms with Crippen LogP contribution in [0.1, 0.15) is 0 Å². The van der Waals surface area contributed by atoms with Crippen molar-refractivity contribution < 1.29 is 8.83 Å². The summed E-state index contributed by atoms with van der Waals surface area (Å²) in [5.74, 6) is 0. The van der Waals surface area contributed by atoms with E-state index in [9.17, 15) is 0 Å². The van der Waals surface area contributed by atoms with Gasteiger partial charge < -0.3 is 13.4 Å². The molecule has 294 valence electrons. The number of rotatable bonds is 6. The van der Waals surface area contributed by atoms with Crippen LogP contribution in [-0.4, -0.2) is 9.55 Å². The maximum Gasteiger partial charge on any atom is 0.153 e. The van der Waals surface area contributed by atoms with Gasteiger partial charge in [0, 0.05) is 38.8 Å². The van der Waals surface area contributed by atoms with Gasteiger partial charge in [-0.2, -0.15) is 0 Å². The summed E-state index contributed by atoms with van der Waals surface area (Å²) >= 11 is 0. The van der Waals surface area contributed by atoms with Crippen molar-refractivity contribution in [2.24, 2.45) is 0 Å². The van der Waals surface area contributed by atoms with E-state index in [1.54, 1.807) is 0 Å². The summed E-state index contributed by atoms with van der Waals surface area (Å²) in [5.41, 5.74) is 19.5. The van der Waals surface area contributed by atoms with Gasteiger partial charge in [-0.15, -0.1) is 0 Å². The predicted octanol–water partition coefficient (Wildman–Crippen LogP) is 16.3. The predicted molar refractivity (Wildman–Crippen MR) is 260 cm³/mol. The van der Waals surface area contributed by atoms with Gasteiger partial charge in [0.15, 0.2) is 5.58 Å². The molecule has 0 spiro atoms. The number of pyridine rings is 1. The third-order valence-electron chi connectivity index (χ3n) is 12.6. The van der Waals surface area contributed by atoms with Crippen LogP contribution in [0.3, 0.4) is 0 Å². The highest BCUT2D eigenvalue weighted by Crippen LogP contribution is 2.40. The average Bonchev–Trinajstić information content (AvgIpc) is 4.03. The summed E-state index contributed by atoms with van der Waals surface area (Å²) < 4.78 is 14.6. The molecule has 0 unspecified atom stereocenters. The molecule has 4 aromatic heterocycles. The minimum Gasteiger partial charge on any atom is -0.456 e. The largest absolute Gasteiger partial charge is 0.456 e. The maximum atomic E-state index is 6.14. The van der Waals surface area contributed by atoms with Gasteiger partial charge in [0.2, 0.25) is 0 Å². The molecule has 4 heteroatoms. The Labute approximate surface area is 362 Å². The van der Waals surface area contributed by atoms with Gasteiger partial charge in [-0.1, -0.05) is 115 Å². The van der Waals surface area contributed by atoms with Gasteiger partial charge in [0.25, 0.3) is 0 Å². The SMILES string of the molecule is c1ccc(-n2c3ccc(-c4cccc(-c5cccc(-c6ccc7oc8cccnc8c7c6)c5)c4)cc3c3cc(-c4cccc(-c5ccc6oc7ccccc7c6c5)c4)ccc32)cc1. The van der Waals surface area contributed by atoms with E-state index < -0.39 is 0 Å². The lowest BCUT2D eigenvalue weighted by molar-refractivity contribution is 0.668. The molecule has 4 heterocycles. The van der Waals surface area contributed by atoms with Crippen LogP contribution in [-0.2, 0) is 0 Å². The smallest absolute Gasteiger partial charge is 0.153 e. The molecule has 4 nitrogen and oxygen atoms in total. The summed E-state index contributed by atoms with van der Waals surface area (Å²) in [5, 5.41) is 5.72. The Bertz CT molecular complexity index is 3920. The molecule has 0 fully saturated rings. The summed E-state index contributed by atoms with van der Waals surface area (Å²) in [6.45, 7) is 0. The molecule has 0 amide bonds. The first-order valence-electron chi connectivity index (χ1n) is 21.3. The van der Waals surface area contributed by atoms with Gasteiger partial charge >= 0.3 is 0 Å². The highest BCUT2D eigenvalue weighted by atomic mass is 16.3. The Morgan fingerprint density at radius 1 is 0.286 bits per heavy atom. The summed E-state index contributed by atoms with van der Waals surface area (Å²) in [4.78, 5) is 4.61. The lowest BCUT2D eigenvalue weighted by Gasteiger charge is -2.10. The van der Waals surface area contributed by atoms with E-state index in [1.165, 1.54) is 60.8 Å². The minimum atomic E-state index is 0.804. The van der Waals surface area contributed by atoms with Crippen molar-refractivity contribution in [2.45, 2.75) is 0 Å². The summed E-state index contributed by atoms with van der Waals surface area (Å²) in [6.07, 6.45) is 1.82. The minimum absolute atomic E-state index is 0.804. The highest BCUT2D eigenvalue weighted by molar-refractivity contribution is 6.12. The van der Waals surface area contributed by atoms with Gasteiger partial charge in [0.05, 0.1) is 11.0 Å². The lowest BCUT2D eigenvalue weighted by atomic mass is 9.95. The van der Waals surface area contributed by atoms with Crippen molar-refractivity contribution in [1.82, 2.24) is 9.55 Å². The molecule has 9 aromatic carbocycles. The fourth-order valence-corrected chi connectivity index (χ4v) is 9.56. The molecule has 0 aliphatic rings. The Balaban J connectivity index is 0.896. The van der Waals surface area contributed by atoms with E-state index in [4.69, 9.17) is 8.83 Å². The van der Waals surface area contributed by atoms with Crippen LogP contribution in [0.5, 0.6) is 0 Å². The van der Waals surface area contributed by atoms with E-state index in [0.717, 1.165) is 66.4 Å². The fraction of sp³-hybridized carbons (Fsp3) is 0. The number of hydrogen-bond donors (Lipinski definition) is 0. The quantitative estimate of drug-likeness (QED) is 0.168. The van der Waals surface area contributed by atoms with Gasteiger partial charge in [0.1, 0.15) is 22.3 Å². The first-order valence-corrected chi connectivity index (χ1v) is 21.3. The number of benzene rings is 9. The molecule has 63 heavy (non-hydrogen) atoms. The van der Waals surface area contributed by atoms with Crippen molar-refractivity contribution in [3.05, 3.63) is 219 Å². The van der Waals surface area contributed by atoms with Crippen molar-refractivity contribution in [3.8, 4) is 61.3 Å². The van der Waals surface area contributed by atoms with Crippen LogP contribution >= 0.6 is 0 Å². The highest BCUT2D eigenvalue weighted by Gasteiger charge is 2.16. The second kappa shape index (κ2) is 14.1. The van der Waals surface area contributed by atoms with Crippen LogP contribution in [0.2, 0.25) is 0 Å². The Hall–Kier alpha value is -8.47. The molecule has 0 radical (unpaired) electrons. The van der Waals surface area contributed by atoms with Crippen molar-refractivity contribution in [2.75, 3.05) is 0 Å². The Morgan fingerprint density at radius 2 is 0.714 bits per heavy atom. The zero-order valence-electron chi connectivity index (χ0n) is 34.0. The van der Waals surface area contributed by atoms with Gasteiger partial charge in [-0.3, -0.25) is 4.98 Å². The first kappa shape index (κ1) is 35.3. The van der Waals surface area contributed by atoms with Crippen LogP contribution in [0.25, 0.3) is 127 Å². The maximum absolute atomic E-state index is 6.14. The molecule has 0 saturated heterocycles. The summed E-state index contributed by atoms with van der Waals surface area (Å²) in [6, 6.07) is 76.1. The molecule has 13 rings (SSSR count). The van der Waals surface area contributed by atoms with E-state index in [0.29, 0.717) is 0 Å². The second-order valence-electron chi connectivity index (χ2n) is 16.3. The monoisotopic (exact) mass is 804 g/mol. The number of nitrogens with zero attached hydrogens (tertiary/aromatic N) is 2. The van der Waals surface area contributed by atoms with Crippen LogP contribution in [0.4, 0.5) is 0 Å². The molecule has 0 N–H and O–H groups in total. The number of furan rings is 2. The molecule has 0 atom stereocenters. The third kappa shape index (κ3) is 5.88. The molecule has 0 aliphatic carbocycles. The second-order valence-corrected chi connectivity index (χ2v) is 16.3. The van der Waals surface area contributed by atoms with Crippen LogP contribution in [0, 0.1) is 0 Å². The fourth-order valence-electron chi connectivity index (χ4n) is 9.56. The molecule has 0 bridgehead atoms. The zero-order valence-corrected chi connectivity index (χ0v) is 34.0. The molecule has 0 aliphatic heterocycles. The van der Waals surface area contributed by atoms with Crippen molar-refractivity contribution in [1.29, 1.82) is 0 Å². The molecule has 0 saturated carbocycles. The Morgan fingerprint density at radius 3 is 1.30 bits per heavy atom. The molecule has 13 aromatic rings. The van der Waals surface area contributed by atoms with Gasteiger partial charge in [-0.05, 0) is 153 Å². The molecular formula is C59H36N2O2. The van der Waals surface area contributed by atoms with Crippen molar-refractivity contribution >= 4 is 65.8 Å². The number of aromatic nitrogens is 2. The van der Waals surface area contributed by atoms with E-state index >= 15 is 0 Å². The topological polar surface area (TPSA) is 44.1 Å². The van der Waals surface area contributed by atoms with Crippen LogP contribution < -0.4 is 0 Å². The van der Waals surface area contributed by atoms with E-state index in [-0.39, 0.29) is 0 Å². The number of para-hydroxylation sites is 2. The standard InChI is InChI=1S/C59H36N2O2/c1-2-16-47(17-3-1)61-53-25-21-43(39-12-6-10-37(30-39)38-11-7-15-42(31-38)46-24-28-57-52(36-46)59-58(63-57)20-9-29-60-59)33-49(53)50-34-44(22-26-54(50)61)40-13-8-14-41(32-40)45-23-27-56-51(35-45)48-18-4-5-19-55(48)62-56/h1-36H. The number of fused-ring (bicyclic) bond motifs is 9. The van der Waals surface area contributed by atoms with E-state index in [2.05, 4.69) is 198 Å². The van der Waals surface area contributed by atoms with Crippen LogP contribution in [0.15, 0.2) is 227 Å². The normalized spacial score (nSPS) is 11.8. The summed E-state index contributed by atoms with van der Waals surface area (Å²) in [7, 11) is 0. The first-order chi connectivity index (χ1) is 31.2. The lowest BCUT2D eigenvalue weighted by Crippen LogP contribution is -1.93. The molecular weight excluding hydrogens is 769 g/mol. The van der Waals surface area contributed by atoms with Crippen molar-refractivity contribution in [3.63, 3.8) is 0 Å². The number of hydrogen-bond acceptors (Lipinski definition) is 3. The van der Waals surface area contributed by atoms with Gasteiger partial charge in [-0.25, -0.2) is 0 Å². The zero-order chi connectivity index (χ0) is 41.4. The average molecular weight is 805 g/mol. The van der Waals surface area contributed by atoms with E-state index in [1.807, 2.05) is 30.5 Å². The third-order valence-corrected chi connectivity index (χ3v) is 12.6. The Kier molecular flexibility index (Phi) is 7.87.